The number of aryl methyl sites for hydroxylation is 1. The van der Waals surface area contributed by atoms with E-state index in [2.05, 4.69) is 17.4 Å². The summed E-state index contributed by atoms with van der Waals surface area (Å²) < 4.78 is 5.13. The van der Waals surface area contributed by atoms with Crippen molar-refractivity contribution in [1.29, 1.82) is 0 Å². The Morgan fingerprint density at radius 2 is 2.05 bits per heavy atom. The summed E-state index contributed by atoms with van der Waals surface area (Å²) in [5, 5.41) is 2.95. The van der Waals surface area contributed by atoms with Gasteiger partial charge >= 0.3 is 0 Å². The molecule has 20 heavy (non-hydrogen) atoms. The first-order chi connectivity index (χ1) is 9.74. The molecule has 0 saturated heterocycles. The number of carbonyl (C=O) groups excluding carboxylic acids is 1. The average Bonchev–Trinajstić information content (AvgIpc) is 2.97. The van der Waals surface area contributed by atoms with Gasteiger partial charge in [0.2, 0.25) is 5.91 Å². The van der Waals surface area contributed by atoms with Gasteiger partial charge in [-0.15, -0.1) is 0 Å². The van der Waals surface area contributed by atoms with Crippen LogP contribution in [-0.2, 0) is 11.2 Å². The van der Waals surface area contributed by atoms with Crippen molar-refractivity contribution in [2.45, 2.75) is 25.8 Å². The summed E-state index contributed by atoms with van der Waals surface area (Å²) in [5.74, 6) is 0.582. The van der Waals surface area contributed by atoms with Gasteiger partial charge in [-0.25, -0.2) is 0 Å². The Bertz CT molecular complexity index is 544. The quantitative estimate of drug-likeness (QED) is 0.816. The number of hydrogen-bond acceptors (Lipinski definition) is 2. The lowest BCUT2D eigenvalue weighted by Crippen LogP contribution is -2.31. The van der Waals surface area contributed by atoms with Gasteiger partial charge in [0, 0.05) is 12.1 Å². The Morgan fingerprint density at radius 3 is 2.75 bits per heavy atom. The van der Waals surface area contributed by atoms with E-state index in [9.17, 15) is 4.79 Å². The zero-order valence-electron chi connectivity index (χ0n) is 11.6. The molecule has 1 atom stereocenters. The van der Waals surface area contributed by atoms with Crippen LogP contribution in [0.3, 0.4) is 0 Å². The van der Waals surface area contributed by atoms with E-state index in [1.165, 1.54) is 11.6 Å². The lowest BCUT2D eigenvalue weighted by molar-refractivity contribution is -0.117. The Morgan fingerprint density at radius 1 is 1.25 bits per heavy atom. The molecule has 0 fully saturated rings. The molecule has 0 radical (unpaired) electrons. The number of rotatable bonds is 6. The molecule has 0 bridgehead atoms. The third-order valence-electron chi connectivity index (χ3n) is 3.04. The fourth-order valence-corrected chi connectivity index (χ4v) is 1.93. The minimum atomic E-state index is -0.0954. The average molecular weight is 269 g/mol. The van der Waals surface area contributed by atoms with Gasteiger partial charge in [-0.3, -0.25) is 4.79 Å². The molecule has 1 amide bonds. The molecule has 1 aromatic heterocycles. The van der Waals surface area contributed by atoms with Gasteiger partial charge < -0.3 is 9.73 Å². The van der Waals surface area contributed by atoms with Crippen LogP contribution in [0.15, 0.2) is 59.2 Å². The SMILES string of the molecule is C[C@@H](CCc1ccccc1)NC(=O)/C=C/c1ccco1. The first kappa shape index (κ1) is 14.1. The van der Waals surface area contributed by atoms with Crippen molar-refractivity contribution in [3.63, 3.8) is 0 Å². The van der Waals surface area contributed by atoms with Crippen molar-refractivity contribution in [3.05, 3.63) is 66.1 Å². The van der Waals surface area contributed by atoms with E-state index < -0.39 is 0 Å². The molecule has 2 aromatic rings. The van der Waals surface area contributed by atoms with Crippen LogP contribution < -0.4 is 5.32 Å². The second-order valence-corrected chi connectivity index (χ2v) is 4.78. The molecule has 0 aliphatic carbocycles. The summed E-state index contributed by atoms with van der Waals surface area (Å²) >= 11 is 0. The van der Waals surface area contributed by atoms with Crippen LogP contribution in [0.25, 0.3) is 6.08 Å². The van der Waals surface area contributed by atoms with E-state index in [0.717, 1.165) is 12.8 Å². The van der Waals surface area contributed by atoms with Crippen molar-refractivity contribution in [2.24, 2.45) is 0 Å². The summed E-state index contributed by atoms with van der Waals surface area (Å²) in [7, 11) is 0. The van der Waals surface area contributed by atoms with E-state index in [0.29, 0.717) is 5.76 Å². The van der Waals surface area contributed by atoms with Gasteiger partial charge in [0.1, 0.15) is 5.76 Å². The standard InChI is InChI=1S/C17H19NO2/c1-14(9-10-15-6-3-2-4-7-15)18-17(19)12-11-16-8-5-13-20-16/h2-8,11-14H,9-10H2,1H3,(H,18,19)/b12-11+/t14-/m0/s1. The van der Waals surface area contributed by atoms with Crippen LogP contribution in [0.2, 0.25) is 0 Å². The lowest BCUT2D eigenvalue weighted by atomic mass is 10.1. The normalized spacial score (nSPS) is 12.4. The Labute approximate surface area is 119 Å². The lowest BCUT2D eigenvalue weighted by Gasteiger charge is -2.12. The minimum absolute atomic E-state index is 0.0954. The number of amides is 1. The number of nitrogens with one attached hydrogen (secondary N) is 1. The first-order valence-corrected chi connectivity index (χ1v) is 6.80. The van der Waals surface area contributed by atoms with Crippen molar-refractivity contribution in [2.75, 3.05) is 0 Å². The zero-order chi connectivity index (χ0) is 14.2. The van der Waals surface area contributed by atoms with Crippen molar-refractivity contribution in [1.82, 2.24) is 5.32 Å². The van der Waals surface area contributed by atoms with E-state index in [-0.39, 0.29) is 11.9 Å². The van der Waals surface area contributed by atoms with Gasteiger partial charge in [-0.05, 0) is 43.5 Å². The fraction of sp³-hybridized carbons (Fsp3) is 0.235. The summed E-state index contributed by atoms with van der Waals surface area (Å²) in [5.41, 5.74) is 1.29. The van der Waals surface area contributed by atoms with Gasteiger partial charge in [0.25, 0.3) is 0 Å². The fourth-order valence-electron chi connectivity index (χ4n) is 1.93. The number of carbonyl (C=O) groups is 1. The van der Waals surface area contributed by atoms with Crippen LogP contribution in [0, 0.1) is 0 Å². The van der Waals surface area contributed by atoms with Crippen LogP contribution >= 0.6 is 0 Å². The first-order valence-electron chi connectivity index (χ1n) is 6.80. The molecule has 0 unspecified atom stereocenters. The third-order valence-corrected chi connectivity index (χ3v) is 3.04. The summed E-state index contributed by atoms with van der Waals surface area (Å²) in [4.78, 5) is 11.7. The molecule has 1 aromatic carbocycles. The molecule has 1 N–H and O–H groups in total. The molecule has 1 heterocycles. The molecular weight excluding hydrogens is 250 g/mol. The largest absolute Gasteiger partial charge is 0.465 e. The molecule has 0 saturated carbocycles. The number of benzene rings is 1. The predicted octanol–water partition coefficient (Wildman–Crippen LogP) is 3.43. The molecular formula is C17H19NO2. The predicted molar refractivity (Wildman–Crippen MR) is 80.1 cm³/mol. The molecule has 3 heteroatoms. The van der Waals surface area contributed by atoms with Gasteiger partial charge in [-0.2, -0.15) is 0 Å². The van der Waals surface area contributed by atoms with Gasteiger partial charge in [-0.1, -0.05) is 30.3 Å². The Hall–Kier alpha value is -2.29. The highest BCUT2D eigenvalue weighted by molar-refractivity contribution is 5.91. The smallest absolute Gasteiger partial charge is 0.244 e. The van der Waals surface area contributed by atoms with Crippen LogP contribution in [0.1, 0.15) is 24.7 Å². The molecule has 0 aliphatic heterocycles. The second kappa shape index (κ2) is 7.34. The van der Waals surface area contributed by atoms with Crippen molar-refractivity contribution < 1.29 is 9.21 Å². The summed E-state index contributed by atoms with van der Waals surface area (Å²) in [6, 6.07) is 14.0. The van der Waals surface area contributed by atoms with E-state index in [4.69, 9.17) is 4.42 Å². The van der Waals surface area contributed by atoms with Crippen molar-refractivity contribution in [3.8, 4) is 0 Å². The minimum Gasteiger partial charge on any atom is -0.465 e. The van der Waals surface area contributed by atoms with Crippen LogP contribution in [0.5, 0.6) is 0 Å². The van der Waals surface area contributed by atoms with E-state index in [1.807, 2.05) is 31.2 Å². The molecule has 3 nitrogen and oxygen atoms in total. The highest BCUT2D eigenvalue weighted by Gasteiger charge is 2.05. The topological polar surface area (TPSA) is 42.2 Å². The molecule has 2 rings (SSSR count). The molecule has 0 aliphatic rings. The third kappa shape index (κ3) is 4.76. The van der Waals surface area contributed by atoms with Crippen LogP contribution in [0.4, 0.5) is 0 Å². The van der Waals surface area contributed by atoms with Gasteiger partial charge in [0.05, 0.1) is 6.26 Å². The molecule has 104 valence electrons. The molecule has 0 spiro atoms. The van der Waals surface area contributed by atoms with Crippen LogP contribution in [-0.4, -0.2) is 11.9 Å². The maximum Gasteiger partial charge on any atom is 0.244 e. The monoisotopic (exact) mass is 269 g/mol. The Kier molecular flexibility index (Phi) is 5.18. The summed E-state index contributed by atoms with van der Waals surface area (Å²) in [6.45, 7) is 2.02. The Balaban J connectivity index is 1.74. The highest BCUT2D eigenvalue weighted by atomic mass is 16.3. The zero-order valence-corrected chi connectivity index (χ0v) is 11.6. The number of hydrogen-bond donors (Lipinski definition) is 1. The van der Waals surface area contributed by atoms with E-state index in [1.54, 1.807) is 18.4 Å². The summed E-state index contributed by atoms with van der Waals surface area (Å²) in [6.07, 6.45) is 6.63. The maximum absolute atomic E-state index is 11.7. The number of furan rings is 1. The second-order valence-electron chi connectivity index (χ2n) is 4.78. The van der Waals surface area contributed by atoms with E-state index >= 15 is 0 Å². The van der Waals surface area contributed by atoms with Gasteiger partial charge in [0.15, 0.2) is 0 Å². The maximum atomic E-state index is 11.7. The highest BCUT2D eigenvalue weighted by Crippen LogP contribution is 2.05. The van der Waals surface area contributed by atoms with Crippen molar-refractivity contribution >= 4 is 12.0 Å².